The van der Waals surface area contributed by atoms with Crippen LogP contribution in [0.1, 0.15) is 18.2 Å². The smallest absolute Gasteiger partial charge is 0.228 e. The number of aryl methyl sites for hydroxylation is 1. The first-order chi connectivity index (χ1) is 11.2. The van der Waals surface area contributed by atoms with Crippen molar-refractivity contribution in [3.8, 4) is 5.88 Å². The second-order valence-electron chi connectivity index (χ2n) is 5.39. The zero-order valence-corrected chi connectivity index (χ0v) is 13.4. The molecule has 0 spiro atoms. The third kappa shape index (κ3) is 3.42. The summed E-state index contributed by atoms with van der Waals surface area (Å²) in [7, 11) is 1.57. The third-order valence-electron chi connectivity index (χ3n) is 3.87. The summed E-state index contributed by atoms with van der Waals surface area (Å²) in [5, 5.41) is 7.33. The predicted molar refractivity (Wildman–Crippen MR) is 84.3 cm³/mol. The standard InChI is InChI=1S/C15H21FN6O/c1-3-22-14(16)11(10-18-22)8-12-9-13(23-2)20-15(19-12)21-6-4-17-5-7-21/h9-10,17H,3-8H2,1-2H3. The van der Waals surface area contributed by atoms with Crippen molar-refractivity contribution in [2.75, 3.05) is 38.2 Å². The van der Waals surface area contributed by atoms with Crippen molar-refractivity contribution in [1.82, 2.24) is 25.1 Å². The van der Waals surface area contributed by atoms with Gasteiger partial charge in [-0.15, -0.1) is 0 Å². The van der Waals surface area contributed by atoms with Gasteiger partial charge < -0.3 is 15.0 Å². The summed E-state index contributed by atoms with van der Waals surface area (Å²) in [6, 6.07) is 1.74. The summed E-state index contributed by atoms with van der Waals surface area (Å²) in [4.78, 5) is 11.1. The van der Waals surface area contributed by atoms with Gasteiger partial charge in [0, 0.05) is 50.8 Å². The number of anilines is 1. The molecular weight excluding hydrogens is 299 g/mol. The number of hydrogen-bond acceptors (Lipinski definition) is 6. The molecule has 2 aromatic heterocycles. The summed E-state index contributed by atoms with van der Waals surface area (Å²) in [5.74, 6) is 0.810. The molecule has 3 rings (SSSR count). The van der Waals surface area contributed by atoms with Gasteiger partial charge in [0.1, 0.15) is 0 Å². The molecule has 3 heterocycles. The summed E-state index contributed by atoms with van der Waals surface area (Å²) in [6.45, 7) is 5.84. The number of methoxy groups -OCH3 is 1. The molecule has 0 aromatic carbocycles. The van der Waals surface area contributed by atoms with Crippen molar-refractivity contribution in [1.29, 1.82) is 0 Å². The third-order valence-corrected chi connectivity index (χ3v) is 3.87. The first-order valence-corrected chi connectivity index (χ1v) is 7.79. The molecular formula is C15H21FN6O. The SMILES string of the molecule is CCn1ncc(Cc2cc(OC)nc(N3CCNCC3)n2)c1F. The minimum atomic E-state index is -0.311. The number of nitrogens with zero attached hydrogens (tertiary/aromatic N) is 5. The summed E-state index contributed by atoms with van der Waals surface area (Å²) >= 11 is 0. The fraction of sp³-hybridized carbons (Fsp3) is 0.533. The molecule has 1 aliphatic heterocycles. The van der Waals surface area contributed by atoms with Gasteiger partial charge in [-0.3, -0.25) is 0 Å². The van der Waals surface area contributed by atoms with Crippen molar-refractivity contribution < 1.29 is 9.13 Å². The van der Waals surface area contributed by atoms with Crippen LogP contribution in [0, 0.1) is 5.95 Å². The Bertz CT molecular complexity index is 668. The Balaban J connectivity index is 1.87. The zero-order chi connectivity index (χ0) is 16.2. The molecule has 1 N–H and O–H groups in total. The Hall–Kier alpha value is -2.22. The van der Waals surface area contributed by atoms with Crippen LogP contribution in [-0.4, -0.2) is 53.0 Å². The highest BCUT2D eigenvalue weighted by molar-refractivity contribution is 5.36. The topological polar surface area (TPSA) is 68.1 Å². The van der Waals surface area contributed by atoms with Crippen molar-refractivity contribution in [3.63, 3.8) is 0 Å². The predicted octanol–water partition coefficient (Wildman–Crippen LogP) is 0.841. The fourth-order valence-electron chi connectivity index (χ4n) is 2.60. The van der Waals surface area contributed by atoms with E-state index in [4.69, 9.17) is 4.74 Å². The van der Waals surface area contributed by atoms with Crippen LogP contribution in [0.5, 0.6) is 5.88 Å². The molecule has 7 nitrogen and oxygen atoms in total. The van der Waals surface area contributed by atoms with Crippen LogP contribution in [-0.2, 0) is 13.0 Å². The van der Waals surface area contributed by atoms with Gasteiger partial charge in [-0.1, -0.05) is 0 Å². The van der Waals surface area contributed by atoms with E-state index in [1.54, 1.807) is 19.4 Å². The molecule has 0 unspecified atom stereocenters. The number of rotatable bonds is 5. The average molecular weight is 320 g/mol. The minimum absolute atomic E-state index is 0.311. The van der Waals surface area contributed by atoms with Gasteiger partial charge >= 0.3 is 0 Å². The molecule has 0 atom stereocenters. The molecule has 8 heteroatoms. The van der Waals surface area contributed by atoms with E-state index in [9.17, 15) is 4.39 Å². The molecule has 0 saturated carbocycles. The molecule has 0 amide bonds. The monoisotopic (exact) mass is 320 g/mol. The van der Waals surface area contributed by atoms with E-state index in [1.165, 1.54) is 4.68 Å². The van der Waals surface area contributed by atoms with E-state index in [-0.39, 0.29) is 5.95 Å². The maximum absolute atomic E-state index is 14.2. The van der Waals surface area contributed by atoms with Crippen molar-refractivity contribution in [3.05, 3.63) is 29.5 Å². The van der Waals surface area contributed by atoms with E-state index in [2.05, 4.69) is 25.3 Å². The lowest BCUT2D eigenvalue weighted by atomic mass is 10.2. The van der Waals surface area contributed by atoms with Gasteiger partial charge in [0.2, 0.25) is 17.8 Å². The number of ether oxygens (including phenoxy) is 1. The van der Waals surface area contributed by atoms with E-state index in [1.807, 2.05) is 6.92 Å². The maximum Gasteiger partial charge on any atom is 0.228 e. The first-order valence-electron chi connectivity index (χ1n) is 7.79. The van der Waals surface area contributed by atoms with Crippen LogP contribution in [0.3, 0.4) is 0 Å². The number of aromatic nitrogens is 4. The summed E-state index contributed by atoms with van der Waals surface area (Å²) in [5.41, 5.74) is 1.25. The van der Waals surface area contributed by atoms with Gasteiger partial charge in [0.05, 0.1) is 19.0 Å². The lowest BCUT2D eigenvalue weighted by molar-refractivity contribution is 0.395. The minimum Gasteiger partial charge on any atom is -0.481 e. The number of hydrogen-bond donors (Lipinski definition) is 1. The highest BCUT2D eigenvalue weighted by atomic mass is 19.1. The van der Waals surface area contributed by atoms with E-state index in [0.717, 1.165) is 31.9 Å². The van der Waals surface area contributed by atoms with E-state index in [0.29, 0.717) is 30.4 Å². The Morgan fingerprint density at radius 1 is 1.30 bits per heavy atom. The quantitative estimate of drug-likeness (QED) is 0.880. The zero-order valence-electron chi connectivity index (χ0n) is 13.4. The van der Waals surface area contributed by atoms with Gasteiger partial charge in [0.15, 0.2) is 0 Å². The number of halogens is 1. The van der Waals surface area contributed by atoms with Gasteiger partial charge in [-0.2, -0.15) is 14.5 Å². The van der Waals surface area contributed by atoms with Crippen LogP contribution < -0.4 is 15.0 Å². The Kier molecular flexibility index (Phi) is 4.71. The Morgan fingerprint density at radius 2 is 2.09 bits per heavy atom. The second kappa shape index (κ2) is 6.91. The molecule has 0 aliphatic carbocycles. The molecule has 0 radical (unpaired) electrons. The van der Waals surface area contributed by atoms with Crippen LogP contribution >= 0.6 is 0 Å². The summed E-state index contributed by atoms with van der Waals surface area (Å²) in [6.07, 6.45) is 1.92. The van der Waals surface area contributed by atoms with Crippen molar-refractivity contribution >= 4 is 5.95 Å². The van der Waals surface area contributed by atoms with Crippen LogP contribution in [0.15, 0.2) is 12.3 Å². The largest absolute Gasteiger partial charge is 0.481 e. The average Bonchev–Trinajstić information content (AvgIpc) is 2.95. The summed E-state index contributed by atoms with van der Waals surface area (Å²) < 4.78 is 20.8. The van der Waals surface area contributed by atoms with Gasteiger partial charge in [-0.05, 0) is 6.92 Å². The molecule has 23 heavy (non-hydrogen) atoms. The normalized spacial score (nSPS) is 15.0. The molecule has 124 valence electrons. The highest BCUT2D eigenvalue weighted by Gasteiger charge is 2.17. The van der Waals surface area contributed by atoms with Crippen LogP contribution in [0.2, 0.25) is 0 Å². The Labute approximate surface area is 134 Å². The molecule has 0 bridgehead atoms. The Morgan fingerprint density at radius 3 is 2.74 bits per heavy atom. The maximum atomic E-state index is 14.2. The fourth-order valence-corrected chi connectivity index (χ4v) is 2.60. The van der Waals surface area contributed by atoms with Gasteiger partial charge in [-0.25, -0.2) is 9.67 Å². The van der Waals surface area contributed by atoms with Crippen LogP contribution in [0.25, 0.3) is 0 Å². The highest BCUT2D eigenvalue weighted by Crippen LogP contribution is 2.19. The molecule has 2 aromatic rings. The lowest BCUT2D eigenvalue weighted by Gasteiger charge is -2.27. The van der Waals surface area contributed by atoms with Crippen molar-refractivity contribution in [2.45, 2.75) is 19.9 Å². The first kappa shape index (κ1) is 15.7. The van der Waals surface area contributed by atoms with Crippen molar-refractivity contribution in [2.24, 2.45) is 0 Å². The van der Waals surface area contributed by atoms with Crippen LogP contribution in [0.4, 0.5) is 10.3 Å². The van der Waals surface area contributed by atoms with Gasteiger partial charge in [0.25, 0.3) is 0 Å². The van der Waals surface area contributed by atoms with E-state index < -0.39 is 0 Å². The van der Waals surface area contributed by atoms with E-state index >= 15 is 0 Å². The molecule has 1 fully saturated rings. The lowest BCUT2D eigenvalue weighted by Crippen LogP contribution is -2.44. The molecule has 1 saturated heterocycles. The molecule has 1 aliphatic rings. The number of piperazine rings is 1. The number of nitrogens with one attached hydrogen (secondary N) is 1. The second-order valence-corrected chi connectivity index (χ2v) is 5.39.